The molecule has 7 nitrogen and oxygen atoms in total. The van der Waals surface area contributed by atoms with Crippen LogP contribution in [0.3, 0.4) is 0 Å². The molecule has 0 aromatic heterocycles. The van der Waals surface area contributed by atoms with E-state index in [1.165, 1.54) is 4.31 Å². The molecule has 1 aromatic rings. The van der Waals surface area contributed by atoms with E-state index in [9.17, 15) is 18.0 Å². The molecule has 1 aromatic carbocycles. The number of carbonyl (C=O) groups excluding carboxylic acids is 2. The molecular weight excluding hydrogens is 390 g/mol. The maximum atomic E-state index is 13.2. The van der Waals surface area contributed by atoms with Crippen LogP contribution >= 0.6 is 0 Å². The molecule has 8 heteroatoms. The van der Waals surface area contributed by atoms with Gasteiger partial charge in [0.1, 0.15) is 6.04 Å². The van der Waals surface area contributed by atoms with Crippen LogP contribution in [0.15, 0.2) is 17.0 Å². The molecule has 0 bridgehead atoms. The molecule has 1 N–H and O–H groups in total. The third-order valence-electron chi connectivity index (χ3n) is 5.15. The van der Waals surface area contributed by atoms with Gasteiger partial charge in [-0.2, -0.15) is 4.31 Å². The minimum absolute atomic E-state index is 0.190. The monoisotopic (exact) mass is 423 g/mol. The molecule has 0 radical (unpaired) electrons. The van der Waals surface area contributed by atoms with Crippen LogP contribution in [0.5, 0.6) is 0 Å². The molecule has 1 saturated heterocycles. The number of hydrogen-bond acceptors (Lipinski definition) is 4. The summed E-state index contributed by atoms with van der Waals surface area (Å²) in [7, 11) is -3.62. The van der Waals surface area contributed by atoms with E-state index >= 15 is 0 Å². The zero-order chi connectivity index (χ0) is 22.1. The molecule has 29 heavy (non-hydrogen) atoms. The van der Waals surface area contributed by atoms with Gasteiger partial charge in [0.25, 0.3) is 0 Å². The number of hydrogen-bond donors (Lipinski definition) is 1. The van der Waals surface area contributed by atoms with Crippen LogP contribution in [-0.2, 0) is 19.6 Å². The van der Waals surface area contributed by atoms with Crippen molar-refractivity contribution in [2.24, 2.45) is 5.41 Å². The van der Waals surface area contributed by atoms with E-state index in [0.29, 0.717) is 18.0 Å². The number of piperazine rings is 1. The summed E-state index contributed by atoms with van der Waals surface area (Å²) < 4.78 is 27.8. The quantitative estimate of drug-likeness (QED) is 0.802. The highest BCUT2D eigenvalue weighted by Crippen LogP contribution is 2.26. The molecular formula is C21H33N3O4S. The van der Waals surface area contributed by atoms with E-state index in [4.69, 9.17) is 0 Å². The van der Waals surface area contributed by atoms with Gasteiger partial charge in [-0.1, -0.05) is 38.5 Å². The van der Waals surface area contributed by atoms with Gasteiger partial charge in [-0.05, 0) is 38.8 Å². The fourth-order valence-electron chi connectivity index (χ4n) is 3.60. The third-order valence-corrected chi connectivity index (χ3v) is 7.36. The Kier molecular flexibility index (Phi) is 6.79. The van der Waals surface area contributed by atoms with Crippen molar-refractivity contribution in [3.05, 3.63) is 28.8 Å². The summed E-state index contributed by atoms with van der Waals surface area (Å²) in [6.07, 6.45) is 0. The van der Waals surface area contributed by atoms with Gasteiger partial charge in [0.05, 0.1) is 4.90 Å². The number of carbonyl (C=O) groups is 2. The van der Waals surface area contributed by atoms with Crippen molar-refractivity contribution in [1.29, 1.82) is 0 Å². The van der Waals surface area contributed by atoms with Gasteiger partial charge in [0.15, 0.2) is 0 Å². The number of sulfonamides is 1. The summed E-state index contributed by atoms with van der Waals surface area (Å²) in [6.45, 7) is 13.7. The maximum absolute atomic E-state index is 13.2. The average molecular weight is 424 g/mol. The summed E-state index contributed by atoms with van der Waals surface area (Å²) in [4.78, 5) is 26.8. The topological polar surface area (TPSA) is 86.8 Å². The van der Waals surface area contributed by atoms with Gasteiger partial charge < -0.3 is 10.2 Å². The van der Waals surface area contributed by atoms with Gasteiger partial charge in [0.2, 0.25) is 21.8 Å². The molecule has 0 aliphatic carbocycles. The largest absolute Gasteiger partial charge is 0.344 e. The van der Waals surface area contributed by atoms with Crippen LogP contribution in [-0.4, -0.2) is 61.7 Å². The van der Waals surface area contributed by atoms with E-state index in [1.807, 2.05) is 32.9 Å². The lowest BCUT2D eigenvalue weighted by molar-refractivity contribution is -0.139. The second-order valence-electron chi connectivity index (χ2n) is 8.90. The van der Waals surface area contributed by atoms with Crippen LogP contribution in [0.1, 0.15) is 44.4 Å². The van der Waals surface area contributed by atoms with Gasteiger partial charge >= 0.3 is 0 Å². The molecule has 1 heterocycles. The van der Waals surface area contributed by atoms with Crippen molar-refractivity contribution in [1.82, 2.24) is 14.5 Å². The standard InChI is InChI=1S/C21H33N3O4S/c1-14-12-15(2)18(16(3)13-14)29(27,28)24-10-8-23(9-11-24)19(25)17(4)22-20(26)21(5,6)7/h12-13,17H,8-11H2,1-7H3,(H,22,26). The maximum Gasteiger partial charge on any atom is 0.244 e. The summed E-state index contributed by atoms with van der Waals surface area (Å²) in [5.41, 5.74) is 1.92. The van der Waals surface area contributed by atoms with Crippen LogP contribution in [0.25, 0.3) is 0 Å². The number of benzene rings is 1. The Morgan fingerprint density at radius 1 is 1.00 bits per heavy atom. The lowest BCUT2D eigenvalue weighted by Crippen LogP contribution is -2.56. The van der Waals surface area contributed by atoms with Crippen LogP contribution in [0.2, 0.25) is 0 Å². The first-order valence-electron chi connectivity index (χ1n) is 9.93. The Morgan fingerprint density at radius 3 is 1.93 bits per heavy atom. The predicted octanol–water partition coefficient (Wildman–Crippen LogP) is 2.00. The third kappa shape index (κ3) is 5.17. The van der Waals surface area contributed by atoms with Crippen LogP contribution < -0.4 is 5.32 Å². The Morgan fingerprint density at radius 2 is 1.48 bits per heavy atom. The average Bonchev–Trinajstić information content (AvgIpc) is 2.59. The molecule has 2 amide bonds. The second kappa shape index (κ2) is 8.44. The molecule has 1 atom stereocenters. The van der Waals surface area contributed by atoms with Crippen molar-refractivity contribution in [3.8, 4) is 0 Å². The van der Waals surface area contributed by atoms with Crippen LogP contribution in [0.4, 0.5) is 0 Å². The highest BCUT2D eigenvalue weighted by molar-refractivity contribution is 7.89. The van der Waals surface area contributed by atoms with Crippen LogP contribution in [0, 0.1) is 26.2 Å². The van der Waals surface area contributed by atoms with Crippen molar-refractivity contribution >= 4 is 21.8 Å². The SMILES string of the molecule is Cc1cc(C)c(S(=O)(=O)N2CCN(C(=O)C(C)NC(=O)C(C)(C)C)CC2)c(C)c1. The Balaban J connectivity index is 2.07. The number of aryl methyl sites for hydroxylation is 3. The fourth-order valence-corrected chi connectivity index (χ4v) is 5.43. The van der Waals surface area contributed by atoms with E-state index in [-0.39, 0.29) is 24.9 Å². The Bertz CT molecular complexity index is 872. The number of amides is 2. The summed E-state index contributed by atoms with van der Waals surface area (Å²) >= 11 is 0. The van der Waals surface area contributed by atoms with E-state index < -0.39 is 21.5 Å². The fraction of sp³-hybridized carbons (Fsp3) is 0.619. The molecule has 1 aliphatic rings. The minimum Gasteiger partial charge on any atom is -0.344 e. The molecule has 162 valence electrons. The minimum atomic E-state index is -3.62. The lowest BCUT2D eigenvalue weighted by atomic mass is 9.95. The van der Waals surface area contributed by atoms with Gasteiger partial charge in [-0.25, -0.2) is 8.42 Å². The Labute approximate surface area is 174 Å². The molecule has 0 saturated carbocycles. The summed E-state index contributed by atoms with van der Waals surface area (Å²) in [5.74, 6) is -0.382. The van der Waals surface area contributed by atoms with Crippen molar-refractivity contribution in [2.45, 2.75) is 59.4 Å². The molecule has 1 aliphatic heterocycles. The zero-order valence-corrected chi connectivity index (χ0v) is 19.3. The zero-order valence-electron chi connectivity index (χ0n) is 18.5. The molecule has 1 fully saturated rings. The first-order valence-corrected chi connectivity index (χ1v) is 11.4. The number of nitrogens with zero attached hydrogens (tertiary/aromatic N) is 2. The van der Waals surface area contributed by atoms with Gasteiger partial charge in [-0.15, -0.1) is 0 Å². The molecule has 0 spiro atoms. The second-order valence-corrected chi connectivity index (χ2v) is 10.8. The normalized spacial score (nSPS) is 17.1. The predicted molar refractivity (Wildman–Crippen MR) is 113 cm³/mol. The highest BCUT2D eigenvalue weighted by atomic mass is 32.2. The van der Waals surface area contributed by atoms with E-state index in [1.54, 1.807) is 32.6 Å². The van der Waals surface area contributed by atoms with Crippen molar-refractivity contribution in [2.75, 3.05) is 26.2 Å². The summed E-state index contributed by atoms with van der Waals surface area (Å²) in [5, 5.41) is 2.74. The highest BCUT2D eigenvalue weighted by Gasteiger charge is 2.34. The molecule has 2 rings (SSSR count). The van der Waals surface area contributed by atoms with Crippen molar-refractivity contribution < 1.29 is 18.0 Å². The van der Waals surface area contributed by atoms with E-state index in [0.717, 1.165) is 16.7 Å². The van der Waals surface area contributed by atoms with Gasteiger partial charge in [0, 0.05) is 31.6 Å². The van der Waals surface area contributed by atoms with Gasteiger partial charge in [-0.3, -0.25) is 9.59 Å². The summed E-state index contributed by atoms with van der Waals surface area (Å²) in [6, 6.07) is 3.10. The number of nitrogens with one attached hydrogen (secondary N) is 1. The first kappa shape index (κ1) is 23.3. The number of rotatable bonds is 4. The first-order chi connectivity index (χ1) is 13.2. The lowest BCUT2D eigenvalue weighted by Gasteiger charge is -2.36. The smallest absolute Gasteiger partial charge is 0.244 e. The Hall–Kier alpha value is -1.93. The van der Waals surface area contributed by atoms with Crippen molar-refractivity contribution in [3.63, 3.8) is 0 Å². The molecule has 1 unspecified atom stereocenters. The van der Waals surface area contributed by atoms with E-state index in [2.05, 4.69) is 5.32 Å².